The Kier molecular flexibility index (Phi) is 8.78. The van der Waals surface area contributed by atoms with Crippen LogP contribution in [0.4, 0.5) is 5.69 Å². The lowest BCUT2D eigenvalue weighted by Gasteiger charge is -2.24. The molecule has 1 aliphatic heterocycles. The number of carbonyl (C=O) groups excluding carboxylic acids is 1. The van der Waals surface area contributed by atoms with Crippen LogP contribution >= 0.6 is 0 Å². The highest BCUT2D eigenvalue weighted by atomic mass is 16.3. The van der Waals surface area contributed by atoms with E-state index in [1.807, 2.05) is 27.7 Å². The minimum absolute atomic E-state index is 0.0235. The van der Waals surface area contributed by atoms with Crippen LogP contribution in [0.15, 0.2) is 30.3 Å². The van der Waals surface area contributed by atoms with Gasteiger partial charge in [-0.05, 0) is 53.6 Å². The second kappa shape index (κ2) is 11.1. The van der Waals surface area contributed by atoms with E-state index in [9.17, 15) is 15.0 Å². The maximum Gasteiger partial charge on any atom is 0.258 e. The summed E-state index contributed by atoms with van der Waals surface area (Å²) in [5.74, 6) is -0.300. The molecule has 1 aliphatic rings. The summed E-state index contributed by atoms with van der Waals surface area (Å²) in [6, 6.07) is 9.36. The Morgan fingerprint density at radius 3 is 2.16 bits per heavy atom. The molecule has 0 aliphatic carbocycles. The van der Waals surface area contributed by atoms with Crippen LogP contribution in [-0.4, -0.2) is 34.1 Å². The number of anilines is 1. The minimum atomic E-state index is -0.207. The molecule has 0 saturated heterocycles. The van der Waals surface area contributed by atoms with Crippen molar-refractivity contribution < 1.29 is 15.0 Å². The number of hydrogen-bond donors (Lipinski definition) is 2. The number of phenols is 2. The van der Waals surface area contributed by atoms with E-state index >= 15 is 0 Å². The number of amides is 1. The minimum Gasteiger partial charge on any atom is -0.508 e. The lowest BCUT2D eigenvalue weighted by atomic mass is 9.98. The molecule has 5 heteroatoms. The van der Waals surface area contributed by atoms with E-state index < -0.39 is 0 Å². The van der Waals surface area contributed by atoms with E-state index in [2.05, 4.69) is 36.9 Å². The second-order valence-corrected chi connectivity index (χ2v) is 8.18. The summed E-state index contributed by atoms with van der Waals surface area (Å²) in [5, 5.41) is 20.3. The maximum atomic E-state index is 13.1. The van der Waals surface area contributed by atoms with Gasteiger partial charge in [0, 0.05) is 37.9 Å². The first-order chi connectivity index (χ1) is 14.8. The summed E-state index contributed by atoms with van der Waals surface area (Å²) < 4.78 is 0. The third-order valence-electron chi connectivity index (χ3n) is 5.55. The average molecular weight is 427 g/mol. The number of nitrogens with zero attached hydrogens (tertiary/aromatic N) is 2. The Morgan fingerprint density at radius 1 is 0.968 bits per heavy atom. The van der Waals surface area contributed by atoms with Crippen LogP contribution in [0.5, 0.6) is 11.5 Å². The summed E-state index contributed by atoms with van der Waals surface area (Å²) in [7, 11) is 0. The van der Waals surface area contributed by atoms with Gasteiger partial charge < -0.3 is 20.0 Å². The van der Waals surface area contributed by atoms with Gasteiger partial charge in [0.25, 0.3) is 5.91 Å². The summed E-state index contributed by atoms with van der Waals surface area (Å²) in [6.07, 6.45) is 2.19. The van der Waals surface area contributed by atoms with Crippen molar-refractivity contribution >= 4 is 11.6 Å². The number of aromatic hydroxyl groups is 2. The first kappa shape index (κ1) is 24.6. The highest BCUT2D eigenvalue weighted by Crippen LogP contribution is 2.35. The number of fused-ring (bicyclic) bond motifs is 1. The summed E-state index contributed by atoms with van der Waals surface area (Å²) in [4.78, 5) is 17.3. The molecule has 0 bridgehead atoms. The maximum absolute atomic E-state index is 13.1. The first-order valence-corrected chi connectivity index (χ1v) is 11.6. The van der Waals surface area contributed by atoms with Crippen LogP contribution in [-0.2, 0) is 13.1 Å². The molecule has 2 aromatic carbocycles. The van der Waals surface area contributed by atoms with Gasteiger partial charge in [0.15, 0.2) is 0 Å². The molecule has 0 unspecified atom stereocenters. The topological polar surface area (TPSA) is 64.0 Å². The average Bonchev–Trinajstić information content (AvgIpc) is 3.18. The molecular weight excluding hydrogens is 388 g/mol. The van der Waals surface area contributed by atoms with Crippen molar-refractivity contribution in [1.29, 1.82) is 0 Å². The fourth-order valence-corrected chi connectivity index (χ4v) is 4.03. The van der Waals surface area contributed by atoms with Crippen LogP contribution in [0.2, 0.25) is 0 Å². The monoisotopic (exact) mass is 426 g/mol. The van der Waals surface area contributed by atoms with E-state index in [1.165, 1.54) is 11.8 Å². The lowest BCUT2D eigenvalue weighted by Crippen LogP contribution is -2.25. The molecule has 0 saturated carbocycles. The van der Waals surface area contributed by atoms with E-state index in [-0.39, 0.29) is 28.9 Å². The fourth-order valence-electron chi connectivity index (χ4n) is 4.03. The van der Waals surface area contributed by atoms with Crippen molar-refractivity contribution in [2.75, 3.05) is 18.0 Å². The predicted molar refractivity (Wildman–Crippen MR) is 128 cm³/mol. The molecule has 0 spiro atoms. The first-order valence-electron chi connectivity index (χ1n) is 11.6. The number of carbonyl (C=O) groups is 1. The molecule has 2 N–H and O–H groups in total. The van der Waals surface area contributed by atoms with Crippen molar-refractivity contribution in [2.24, 2.45) is 0 Å². The Labute approximate surface area is 187 Å². The van der Waals surface area contributed by atoms with Gasteiger partial charge in [-0.25, -0.2) is 0 Å². The van der Waals surface area contributed by atoms with Gasteiger partial charge in [0.2, 0.25) is 0 Å². The van der Waals surface area contributed by atoms with Gasteiger partial charge in [-0.1, -0.05) is 47.6 Å². The zero-order valence-corrected chi connectivity index (χ0v) is 19.9. The molecule has 1 amide bonds. The molecule has 31 heavy (non-hydrogen) atoms. The summed E-state index contributed by atoms with van der Waals surface area (Å²) >= 11 is 0. The molecule has 1 heterocycles. The van der Waals surface area contributed by atoms with Crippen molar-refractivity contribution in [3.63, 3.8) is 0 Å². The molecule has 3 rings (SSSR count). The second-order valence-electron chi connectivity index (χ2n) is 8.18. The molecule has 0 radical (unpaired) electrons. The number of benzene rings is 2. The molecular formula is C26H38N2O3. The quantitative estimate of drug-likeness (QED) is 0.567. The molecule has 0 fully saturated rings. The molecule has 5 nitrogen and oxygen atoms in total. The number of rotatable bonds is 7. The summed E-state index contributed by atoms with van der Waals surface area (Å²) in [6.45, 7) is 15.4. The summed E-state index contributed by atoms with van der Waals surface area (Å²) in [5.41, 5.74) is 4.43. The van der Waals surface area contributed by atoms with Crippen LogP contribution in [0.1, 0.15) is 87.4 Å². The van der Waals surface area contributed by atoms with Crippen LogP contribution in [0, 0.1) is 0 Å². The van der Waals surface area contributed by atoms with E-state index in [0.29, 0.717) is 18.7 Å². The molecule has 2 aromatic rings. The smallest absolute Gasteiger partial charge is 0.258 e. The van der Waals surface area contributed by atoms with Gasteiger partial charge in [0.1, 0.15) is 11.5 Å². The SMILES string of the molecule is CC.CCCN(CCC)c1ccc2c(c1)CN(C(=O)c1cc(C(C)C)c(O)cc1O)C2. The van der Waals surface area contributed by atoms with Gasteiger partial charge in [-0.15, -0.1) is 0 Å². The van der Waals surface area contributed by atoms with Gasteiger partial charge >= 0.3 is 0 Å². The van der Waals surface area contributed by atoms with Gasteiger partial charge in [-0.3, -0.25) is 4.79 Å². The van der Waals surface area contributed by atoms with Crippen molar-refractivity contribution in [1.82, 2.24) is 4.90 Å². The molecule has 170 valence electrons. The number of hydrogen-bond acceptors (Lipinski definition) is 4. The van der Waals surface area contributed by atoms with Crippen LogP contribution in [0.3, 0.4) is 0 Å². The van der Waals surface area contributed by atoms with Crippen LogP contribution < -0.4 is 4.90 Å². The Hall–Kier alpha value is -2.69. The third-order valence-corrected chi connectivity index (χ3v) is 5.55. The van der Waals surface area contributed by atoms with E-state index in [4.69, 9.17) is 0 Å². The Morgan fingerprint density at radius 2 is 1.58 bits per heavy atom. The highest BCUT2D eigenvalue weighted by Gasteiger charge is 2.27. The van der Waals surface area contributed by atoms with Crippen molar-refractivity contribution in [3.8, 4) is 11.5 Å². The van der Waals surface area contributed by atoms with Crippen molar-refractivity contribution in [2.45, 2.75) is 73.4 Å². The number of phenolic OH excluding ortho intramolecular Hbond substituents is 2. The standard InChI is InChI=1S/C24H32N2O3.C2H6/c1-5-9-25(10-6-2)19-8-7-17-14-26(15-18(17)11-19)24(29)21-12-20(16(3)4)22(27)13-23(21)28;1-2/h7-8,11-13,16,27-28H,5-6,9-10,14-15H2,1-4H3;1-2H3. The van der Waals surface area contributed by atoms with E-state index in [0.717, 1.165) is 37.1 Å². The molecule has 0 atom stereocenters. The van der Waals surface area contributed by atoms with Gasteiger partial charge in [0.05, 0.1) is 5.56 Å². The fraction of sp³-hybridized carbons (Fsp3) is 0.500. The normalized spacial score (nSPS) is 12.4. The predicted octanol–water partition coefficient (Wildman–Crippen LogP) is 6.03. The van der Waals surface area contributed by atoms with Crippen molar-refractivity contribution in [3.05, 3.63) is 52.6 Å². The third kappa shape index (κ3) is 5.52. The zero-order chi connectivity index (χ0) is 23.1. The van der Waals surface area contributed by atoms with Crippen LogP contribution in [0.25, 0.3) is 0 Å². The lowest BCUT2D eigenvalue weighted by molar-refractivity contribution is 0.0748. The largest absolute Gasteiger partial charge is 0.508 e. The Balaban J connectivity index is 0.00000166. The highest BCUT2D eigenvalue weighted by molar-refractivity contribution is 5.97. The Bertz CT molecular complexity index is 886. The van der Waals surface area contributed by atoms with Gasteiger partial charge in [-0.2, -0.15) is 0 Å². The van der Waals surface area contributed by atoms with E-state index in [1.54, 1.807) is 11.0 Å². The molecule has 0 aromatic heterocycles. The zero-order valence-electron chi connectivity index (χ0n) is 19.9.